The van der Waals surface area contributed by atoms with Crippen molar-refractivity contribution in [2.75, 3.05) is 17.2 Å². The summed E-state index contributed by atoms with van der Waals surface area (Å²) in [7, 11) is 0. The molecule has 0 saturated heterocycles. The first-order valence-electron chi connectivity index (χ1n) is 5.31. The van der Waals surface area contributed by atoms with E-state index in [1.54, 1.807) is 24.5 Å². The zero-order valence-electron chi connectivity index (χ0n) is 9.47. The maximum absolute atomic E-state index is 12.8. The lowest BCUT2D eigenvalue weighted by molar-refractivity contribution is 0.627. The van der Waals surface area contributed by atoms with Crippen molar-refractivity contribution in [2.45, 2.75) is 6.92 Å². The Morgan fingerprint density at radius 1 is 1.18 bits per heavy atom. The van der Waals surface area contributed by atoms with Crippen LogP contribution < -0.4 is 10.6 Å². The largest absolute Gasteiger partial charge is 0.396 e. The summed E-state index contributed by atoms with van der Waals surface area (Å²) in [6.07, 6.45) is 3.10. The zero-order chi connectivity index (χ0) is 12.3. The van der Waals surface area contributed by atoms with E-state index in [0.29, 0.717) is 18.2 Å². The average molecular weight is 232 g/mol. The number of nitrogens with two attached hydrogens (primary N) is 1. The van der Waals surface area contributed by atoms with Crippen LogP contribution in [0.3, 0.4) is 0 Å². The summed E-state index contributed by atoms with van der Waals surface area (Å²) in [5.74, 6) is 0.288. The topological polar surface area (TPSA) is 55.0 Å². The highest BCUT2D eigenvalue weighted by Crippen LogP contribution is 2.21. The van der Waals surface area contributed by atoms with E-state index in [2.05, 4.69) is 9.97 Å². The Morgan fingerprint density at radius 3 is 2.29 bits per heavy atom. The molecule has 0 saturated carbocycles. The summed E-state index contributed by atoms with van der Waals surface area (Å²) >= 11 is 0. The molecule has 0 radical (unpaired) electrons. The van der Waals surface area contributed by atoms with Crippen LogP contribution in [0.4, 0.5) is 21.7 Å². The minimum absolute atomic E-state index is 0.261. The minimum Gasteiger partial charge on any atom is -0.396 e. The van der Waals surface area contributed by atoms with Gasteiger partial charge in [-0.25, -0.2) is 14.4 Å². The second-order valence-corrected chi connectivity index (χ2v) is 3.54. The normalized spacial score (nSPS) is 10.2. The Morgan fingerprint density at radius 2 is 1.76 bits per heavy atom. The molecule has 1 aromatic heterocycles. The van der Waals surface area contributed by atoms with Crippen molar-refractivity contribution < 1.29 is 4.39 Å². The van der Waals surface area contributed by atoms with Crippen LogP contribution in [0.25, 0.3) is 0 Å². The molecule has 88 valence electrons. The van der Waals surface area contributed by atoms with Crippen molar-refractivity contribution in [2.24, 2.45) is 0 Å². The molecule has 17 heavy (non-hydrogen) atoms. The van der Waals surface area contributed by atoms with Gasteiger partial charge in [0.15, 0.2) is 0 Å². The molecule has 5 heteroatoms. The zero-order valence-corrected chi connectivity index (χ0v) is 9.47. The summed E-state index contributed by atoms with van der Waals surface area (Å²) in [6, 6.07) is 6.21. The molecule has 2 aromatic rings. The number of hydrogen-bond donors (Lipinski definition) is 1. The highest BCUT2D eigenvalue weighted by molar-refractivity contribution is 5.57. The maximum atomic E-state index is 12.8. The first-order chi connectivity index (χ1) is 8.20. The number of anilines is 3. The molecule has 0 atom stereocenters. The van der Waals surface area contributed by atoms with Crippen molar-refractivity contribution in [1.82, 2.24) is 9.97 Å². The van der Waals surface area contributed by atoms with Crippen molar-refractivity contribution in [1.29, 1.82) is 0 Å². The standard InChI is InChI=1S/C12H13FN4/c1-2-17(11-5-3-9(13)4-6-11)12-15-7-10(14)8-16-12/h3-8H,2,14H2,1H3. The Balaban J connectivity index is 2.33. The summed E-state index contributed by atoms with van der Waals surface area (Å²) in [5.41, 5.74) is 6.90. The fourth-order valence-electron chi connectivity index (χ4n) is 1.53. The van der Waals surface area contributed by atoms with Gasteiger partial charge < -0.3 is 10.6 Å². The van der Waals surface area contributed by atoms with Crippen LogP contribution in [0.2, 0.25) is 0 Å². The molecular formula is C12H13FN4. The lowest BCUT2D eigenvalue weighted by atomic mass is 10.3. The lowest BCUT2D eigenvalue weighted by Crippen LogP contribution is -2.18. The van der Waals surface area contributed by atoms with Gasteiger partial charge in [-0.2, -0.15) is 0 Å². The number of nitrogens with zero attached hydrogens (tertiary/aromatic N) is 3. The first-order valence-corrected chi connectivity index (χ1v) is 5.31. The molecule has 0 spiro atoms. The van der Waals surface area contributed by atoms with Gasteiger partial charge in [-0.3, -0.25) is 0 Å². The second-order valence-electron chi connectivity index (χ2n) is 3.54. The summed E-state index contributed by atoms with van der Waals surface area (Å²) in [6.45, 7) is 2.67. The van der Waals surface area contributed by atoms with E-state index in [9.17, 15) is 4.39 Å². The smallest absolute Gasteiger partial charge is 0.229 e. The number of benzene rings is 1. The molecule has 0 fully saturated rings. The van der Waals surface area contributed by atoms with Gasteiger partial charge in [0.25, 0.3) is 0 Å². The van der Waals surface area contributed by atoms with Crippen LogP contribution in [0.5, 0.6) is 0 Å². The van der Waals surface area contributed by atoms with Crippen molar-refractivity contribution >= 4 is 17.3 Å². The van der Waals surface area contributed by atoms with E-state index in [0.717, 1.165) is 5.69 Å². The van der Waals surface area contributed by atoms with Crippen LogP contribution >= 0.6 is 0 Å². The molecule has 0 aliphatic rings. The van der Waals surface area contributed by atoms with E-state index in [4.69, 9.17) is 5.73 Å². The van der Waals surface area contributed by atoms with Crippen molar-refractivity contribution in [3.63, 3.8) is 0 Å². The third-order valence-electron chi connectivity index (χ3n) is 2.35. The van der Waals surface area contributed by atoms with E-state index >= 15 is 0 Å². The Kier molecular flexibility index (Phi) is 3.18. The molecule has 2 rings (SSSR count). The summed E-state index contributed by atoms with van der Waals surface area (Å²) in [4.78, 5) is 10.2. The van der Waals surface area contributed by atoms with Gasteiger partial charge >= 0.3 is 0 Å². The first kappa shape index (κ1) is 11.3. The van der Waals surface area contributed by atoms with Gasteiger partial charge in [-0.05, 0) is 31.2 Å². The van der Waals surface area contributed by atoms with E-state index < -0.39 is 0 Å². The maximum Gasteiger partial charge on any atom is 0.229 e. The Hall–Kier alpha value is -2.17. The van der Waals surface area contributed by atoms with Crippen LogP contribution in [0.15, 0.2) is 36.7 Å². The predicted molar refractivity (Wildman–Crippen MR) is 65.5 cm³/mol. The summed E-state index contributed by atoms with van der Waals surface area (Å²) in [5, 5.41) is 0. The van der Waals surface area contributed by atoms with Crippen molar-refractivity contribution in [3.05, 3.63) is 42.5 Å². The highest BCUT2D eigenvalue weighted by atomic mass is 19.1. The molecule has 0 bridgehead atoms. The Labute approximate surface area is 98.9 Å². The molecule has 0 aliphatic carbocycles. The van der Waals surface area contributed by atoms with Crippen LogP contribution in [-0.2, 0) is 0 Å². The molecular weight excluding hydrogens is 219 g/mol. The third kappa shape index (κ3) is 2.50. The fourth-order valence-corrected chi connectivity index (χ4v) is 1.53. The van der Waals surface area contributed by atoms with Crippen LogP contribution in [0.1, 0.15) is 6.92 Å². The van der Waals surface area contributed by atoms with Crippen molar-refractivity contribution in [3.8, 4) is 0 Å². The van der Waals surface area contributed by atoms with E-state index in [-0.39, 0.29) is 5.82 Å². The molecule has 1 aromatic carbocycles. The Bertz CT molecular complexity index is 435. The lowest BCUT2D eigenvalue weighted by Gasteiger charge is -2.20. The molecule has 0 aliphatic heterocycles. The van der Waals surface area contributed by atoms with E-state index in [1.807, 2.05) is 11.8 Å². The molecule has 2 N–H and O–H groups in total. The van der Waals surface area contributed by atoms with Gasteiger partial charge in [-0.15, -0.1) is 0 Å². The van der Waals surface area contributed by atoms with Gasteiger partial charge in [0.1, 0.15) is 5.82 Å². The molecule has 1 heterocycles. The number of aromatic nitrogens is 2. The summed E-state index contributed by atoms with van der Waals surface area (Å²) < 4.78 is 12.8. The highest BCUT2D eigenvalue weighted by Gasteiger charge is 2.09. The third-order valence-corrected chi connectivity index (χ3v) is 2.35. The predicted octanol–water partition coefficient (Wildman–Crippen LogP) is 2.36. The number of hydrogen-bond acceptors (Lipinski definition) is 4. The van der Waals surface area contributed by atoms with Crippen LogP contribution in [0, 0.1) is 5.82 Å². The van der Waals surface area contributed by atoms with Gasteiger partial charge in [-0.1, -0.05) is 0 Å². The number of halogens is 1. The van der Waals surface area contributed by atoms with Gasteiger partial charge in [0, 0.05) is 12.2 Å². The molecule has 0 unspecified atom stereocenters. The molecule has 0 amide bonds. The number of rotatable bonds is 3. The van der Waals surface area contributed by atoms with Gasteiger partial charge in [0.05, 0.1) is 18.1 Å². The second kappa shape index (κ2) is 4.78. The average Bonchev–Trinajstić information content (AvgIpc) is 2.35. The van der Waals surface area contributed by atoms with Gasteiger partial charge in [0.2, 0.25) is 5.95 Å². The number of nitrogen functional groups attached to an aromatic ring is 1. The van der Waals surface area contributed by atoms with E-state index in [1.165, 1.54) is 12.1 Å². The molecule has 4 nitrogen and oxygen atoms in total. The monoisotopic (exact) mass is 232 g/mol. The van der Waals surface area contributed by atoms with Crippen LogP contribution in [-0.4, -0.2) is 16.5 Å². The quantitative estimate of drug-likeness (QED) is 0.882. The fraction of sp³-hybridized carbons (Fsp3) is 0.167. The minimum atomic E-state index is -0.261. The SMILES string of the molecule is CCN(c1ccc(F)cc1)c1ncc(N)cn1.